The lowest BCUT2D eigenvalue weighted by Gasteiger charge is -2.25. The van der Waals surface area contributed by atoms with Gasteiger partial charge in [0.25, 0.3) is 0 Å². The lowest BCUT2D eigenvalue weighted by Crippen LogP contribution is -2.34. The molecule has 0 aliphatic rings. The Morgan fingerprint density at radius 2 is 1.95 bits per heavy atom. The van der Waals surface area contributed by atoms with Gasteiger partial charge in [0.2, 0.25) is 0 Å². The number of hydrogen-bond donors (Lipinski definition) is 1. The monoisotopic (exact) mass is 294 g/mol. The van der Waals surface area contributed by atoms with E-state index in [1.54, 1.807) is 25.1 Å². The van der Waals surface area contributed by atoms with Crippen LogP contribution >= 0.6 is 11.6 Å². The number of benzene rings is 1. The summed E-state index contributed by atoms with van der Waals surface area (Å²) in [6.07, 6.45) is -4.22. The lowest BCUT2D eigenvalue weighted by molar-refractivity contribution is -0.119. The SMILES string of the molecule is CCNCc1ccc(N(CC)CC(F)(F)F)cc1Cl. The van der Waals surface area contributed by atoms with Crippen molar-refractivity contribution in [3.05, 3.63) is 28.8 Å². The second kappa shape index (κ2) is 7.01. The number of halogens is 4. The fourth-order valence-corrected chi connectivity index (χ4v) is 1.98. The van der Waals surface area contributed by atoms with Gasteiger partial charge < -0.3 is 10.2 Å². The fourth-order valence-electron chi connectivity index (χ4n) is 1.74. The molecule has 0 amide bonds. The summed E-state index contributed by atoms with van der Waals surface area (Å²) in [5.41, 5.74) is 1.38. The molecule has 0 fully saturated rings. The molecule has 2 nitrogen and oxygen atoms in total. The summed E-state index contributed by atoms with van der Waals surface area (Å²) in [7, 11) is 0. The first-order chi connectivity index (χ1) is 8.87. The Morgan fingerprint density at radius 1 is 1.26 bits per heavy atom. The average molecular weight is 295 g/mol. The molecule has 0 aliphatic carbocycles. The van der Waals surface area contributed by atoms with Gasteiger partial charge in [-0.25, -0.2) is 0 Å². The normalized spacial score (nSPS) is 11.7. The summed E-state index contributed by atoms with van der Waals surface area (Å²) in [5.74, 6) is 0. The van der Waals surface area contributed by atoms with Crippen LogP contribution in [0.4, 0.5) is 18.9 Å². The third kappa shape index (κ3) is 5.28. The van der Waals surface area contributed by atoms with Crippen LogP contribution in [-0.4, -0.2) is 25.8 Å². The van der Waals surface area contributed by atoms with Crippen molar-refractivity contribution in [1.82, 2.24) is 5.32 Å². The van der Waals surface area contributed by atoms with E-state index in [9.17, 15) is 13.2 Å². The Kier molecular flexibility index (Phi) is 5.94. The van der Waals surface area contributed by atoms with Gasteiger partial charge in [-0.2, -0.15) is 13.2 Å². The summed E-state index contributed by atoms with van der Waals surface area (Å²) in [6.45, 7) is 4.40. The van der Waals surface area contributed by atoms with Gasteiger partial charge in [-0.05, 0) is 31.2 Å². The second-order valence-electron chi connectivity index (χ2n) is 4.19. The third-order valence-corrected chi connectivity index (χ3v) is 3.07. The van der Waals surface area contributed by atoms with Crippen LogP contribution in [0.3, 0.4) is 0 Å². The molecule has 0 bridgehead atoms. The smallest absolute Gasteiger partial charge is 0.363 e. The number of anilines is 1. The predicted molar refractivity (Wildman–Crippen MR) is 72.8 cm³/mol. The maximum absolute atomic E-state index is 12.4. The fraction of sp³-hybridized carbons (Fsp3) is 0.538. The molecule has 0 atom stereocenters. The maximum atomic E-state index is 12.4. The molecule has 0 unspecified atom stereocenters. The van der Waals surface area contributed by atoms with Crippen LogP contribution in [0, 0.1) is 0 Å². The summed E-state index contributed by atoms with van der Waals surface area (Å²) < 4.78 is 37.3. The summed E-state index contributed by atoms with van der Waals surface area (Å²) >= 11 is 6.09. The van der Waals surface area contributed by atoms with Crippen LogP contribution in [0.15, 0.2) is 18.2 Å². The molecule has 108 valence electrons. The van der Waals surface area contributed by atoms with Crippen molar-refractivity contribution in [3.63, 3.8) is 0 Å². The minimum atomic E-state index is -4.22. The van der Waals surface area contributed by atoms with Crippen molar-refractivity contribution in [2.24, 2.45) is 0 Å². The van der Waals surface area contributed by atoms with Gasteiger partial charge in [-0.1, -0.05) is 24.6 Å². The van der Waals surface area contributed by atoms with E-state index in [-0.39, 0.29) is 6.54 Å². The molecular weight excluding hydrogens is 277 g/mol. The Hall–Kier alpha value is -0.940. The number of alkyl halides is 3. The molecule has 0 aromatic heterocycles. The first-order valence-electron chi connectivity index (χ1n) is 6.18. The number of rotatable bonds is 6. The Bertz CT molecular complexity index is 407. The van der Waals surface area contributed by atoms with Crippen LogP contribution in [0.2, 0.25) is 5.02 Å². The van der Waals surface area contributed by atoms with E-state index >= 15 is 0 Å². The predicted octanol–water partition coefficient (Wildman–Crippen LogP) is 3.84. The van der Waals surface area contributed by atoms with Gasteiger partial charge in [-0.3, -0.25) is 0 Å². The molecule has 6 heteroatoms. The van der Waals surface area contributed by atoms with E-state index in [4.69, 9.17) is 11.6 Å². The largest absolute Gasteiger partial charge is 0.405 e. The zero-order valence-corrected chi connectivity index (χ0v) is 11.8. The van der Waals surface area contributed by atoms with Gasteiger partial charge in [-0.15, -0.1) is 0 Å². The number of nitrogens with one attached hydrogen (secondary N) is 1. The third-order valence-electron chi connectivity index (χ3n) is 2.72. The van der Waals surface area contributed by atoms with E-state index in [0.29, 0.717) is 17.3 Å². The standard InChI is InChI=1S/C13H18ClF3N2/c1-3-18-8-10-5-6-11(7-12(10)14)19(4-2)9-13(15,16)17/h5-7,18H,3-4,8-9H2,1-2H3. The molecule has 0 aliphatic heterocycles. The Labute approximate surface area is 116 Å². The van der Waals surface area contributed by atoms with Crippen molar-refractivity contribution in [2.45, 2.75) is 26.6 Å². The molecule has 0 saturated carbocycles. The molecule has 1 N–H and O–H groups in total. The highest BCUT2D eigenvalue weighted by molar-refractivity contribution is 6.31. The van der Waals surface area contributed by atoms with E-state index in [2.05, 4.69) is 5.32 Å². The molecule has 1 rings (SSSR count). The first-order valence-corrected chi connectivity index (χ1v) is 6.56. The molecule has 1 aromatic rings. The Morgan fingerprint density at radius 3 is 2.42 bits per heavy atom. The Balaban J connectivity index is 2.85. The summed E-state index contributed by atoms with van der Waals surface area (Å²) in [4.78, 5) is 1.25. The second-order valence-corrected chi connectivity index (χ2v) is 4.59. The first kappa shape index (κ1) is 16.1. The zero-order chi connectivity index (χ0) is 14.5. The van der Waals surface area contributed by atoms with Gasteiger partial charge in [0.1, 0.15) is 6.54 Å². The van der Waals surface area contributed by atoms with Gasteiger partial charge in [0.15, 0.2) is 0 Å². The van der Waals surface area contributed by atoms with Crippen molar-refractivity contribution in [3.8, 4) is 0 Å². The van der Waals surface area contributed by atoms with Crippen LogP contribution in [0.1, 0.15) is 19.4 Å². The van der Waals surface area contributed by atoms with Gasteiger partial charge >= 0.3 is 6.18 Å². The highest BCUT2D eigenvalue weighted by Crippen LogP contribution is 2.26. The molecule has 0 saturated heterocycles. The minimum absolute atomic E-state index is 0.280. The van der Waals surface area contributed by atoms with Crippen molar-refractivity contribution < 1.29 is 13.2 Å². The molecule has 19 heavy (non-hydrogen) atoms. The summed E-state index contributed by atoms with van der Waals surface area (Å²) in [6, 6.07) is 5.02. The highest BCUT2D eigenvalue weighted by atomic mass is 35.5. The van der Waals surface area contributed by atoms with E-state index in [0.717, 1.165) is 12.1 Å². The number of nitrogens with zero attached hydrogens (tertiary/aromatic N) is 1. The lowest BCUT2D eigenvalue weighted by atomic mass is 10.2. The van der Waals surface area contributed by atoms with Crippen LogP contribution < -0.4 is 10.2 Å². The molecule has 0 radical (unpaired) electrons. The molecule has 0 spiro atoms. The van der Waals surface area contributed by atoms with E-state index in [1.807, 2.05) is 6.92 Å². The molecule has 1 aromatic carbocycles. The summed E-state index contributed by atoms with van der Waals surface area (Å²) in [5, 5.41) is 3.61. The molecule has 0 heterocycles. The van der Waals surface area contributed by atoms with Crippen molar-refractivity contribution >= 4 is 17.3 Å². The van der Waals surface area contributed by atoms with E-state index in [1.165, 1.54) is 4.90 Å². The van der Waals surface area contributed by atoms with Crippen LogP contribution in [0.25, 0.3) is 0 Å². The maximum Gasteiger partial charge on any atom is 0.405 e. The van der Waals surface area contributed by atoms with Gasteiger partial charge in [0.05, 0.1) is 0 Å². The topological polar surface area (TPSA) is 15.3 Å². The van der Waals surface area contributed by atoms with Crippen molar-refractivity contribution in [1.29, 1.82) is 0 Å². The van der Waals surface area contributed by atoms with Crippen molar-refractivity contribution in [2.75, 3.05) is 24.5 Å². The zero-order valence-electron chi connectivity index (χ0n) is 11.0. The van der Waals surface area contributed by atoms with Crippen LogP contribution in [0.5, 0.6) is 0 Å². The number of hydrogen-bond acceptors (Lipinski definition) is 2. The average Bonchev–Trinajstić information content (AvgIpc) is 2.33. The minimum Gasteiger partial charge on any atom is -0.363 e. The molecular formula is C13H18ClF3N2. The van der Waals surface area contributed by atoms with Crippen LogP contribution in [-0.2, 0) is 6.54 Å². The van der Waals surface area contributed by atoms with Gasteiger partial charge in [0, 0.05) is 23.8 Å². The highest BCUT2D eigenvalue weighted by Gasteiger charge is 2.30. The quantitative estimate of drug-likeness (QED) is 0.857. The van der Waals surface area contributed by atoms with E-state index < -0.39 is 12.7 Å².